The van der Waals surface area contributed by atoms with Crippen molar-refractivity contribution in [2.24, 2.45) is 0 Å². The van der Waals surface area contributed by atoms with Crippen LogP contribution in [0.25, 0.3) is 11.0 Å². The Bertz CT molecular complexity index is 493. The number of nitrogens with zero attached hydrogens (tertiary/aromatic N) is 2. The molecule has 0 amide bonds. The zero-order valence-electron chi connectivity index (χ0n) is 8.73. The van der Waals surface area contributed by atoms with Gasteiger partial charge in [-0.2, -0.15) is 0 Å². The van der Waals surface area contributed by atoms with Gasteiger partial charge >= 0.3 is 29.6 Å². The SMILES string of the molecule is Cc1nc2ccccc2n1CC(=O)[O-].[Na+]. The molecule has 0 radical (unpaired) electrons. The second-order valence-corrected chi connectivity index (χ2v) is 3.11. The van der Waals surface area contributed by atoms with Crippen molar-refractivity contribution in [2.75, 3.05) is 0 Å². The maximum atomic E-state index is 10.5. The van der Waals surface area contributed by atoms with Crippen LogP contribution in [0.3, 0.4) is 0 Å². The van der Waals surface area contributed by atoms with Crippen LogP contribution in [0.15, 0.2) is 24.3 Å². The molecule has 0 saturated heterocycles. The third-order valence-electron chi connectivity index (χ3n) is 2.13. The predicted octanol–water partition coefficient (Wildman–Crippen LogP) is -2.90. The van der Waals surface area contributed by atoms with Crippen molar-refractivity contribution in [1.82, 2.24) is 9.55 Å². The standard InChI is InChI=1S/C10H10N2O2.Na/c1-7-11-8-4-2-3-5-9(8)12(7)6-10(13)14;/h2-5H,6H2,1H3,(H,13,14);/q;+1/p-1. The zero-order chi connectivity index (χ0) is 10.1. The fourth-order valence-electron chi connectivity index (χ4n) is 1.52. The van der Waals surface area contributed by atoms with Crippen molar-refractivity contribution >= 4 is 17.0 Å². The third kappa shape index (κ3) is 2.40. The third-order valence-corrected chi connectivity index (χ3v) is 2.13. The number of fused-ring (bicyclic) bond motifs is 1. The Balaban J connectivity index is 0.00000112. The van der Waals surface area contributed by atoms with E-state index in [1.54, 1.807) is 11.5 Å². The minimum atomic E-state index is -1.10. The van der Waals surface area contributed by atoms with Gasteiger partial charge in [0.25, 0.3) is 0 Å². The largest absolute Gasteiger partial charge is 1.00 e. The van der Waals surface area contributed by atoms with E-state index >= 15 is 0 Å². The molecule has 0 unspecified atom stereocenters. The number of aromatic nitrogens is 2. The van der Waals surface area contributed by atoms with Gasteiger partial charge in [0.2, 0.25) is 0 Å². The van der Waals surface area contributed by atoms with Gasteiger partial charge in [-0.3, -0.25) is 0 Å². The quantitative estimate of drug-likeness (QED) is 0.502. The molecule has 15 heavy (non-hydrogen) atoms. The van der Waals surface area contributed by atoms with E-state index in [0.29, 0.717) is 5.82 Å². The molecule has 72 valence electrons. The molecule has 0 bridgehead atoms. The molecule has 0 N–H and O–H groups in total. The first kappa shape index (κ1) is 12.2. The molecule has 4 nitrogen and oxygen atoms in total. The number of benzene rings is 1. The number of imidazole rings is 1. The van der Waals surface area contributed by atoms with Gasteiger partial charge < -0.3 is 14.5 Å². The van der Waals surface area contributed by atoms with Crippen LogP contribution < -0.4 is 34.7 Å². The molecule has 2 aromatic rings. The van der Waals surface area contributed by atoms with Gasteiger partial charge in [0, 0.05) is 0 Å². The molecule has 0 aliphatic carbocycles. The first-order valence-corrected chi connectivity index (χ1v) is 4.30. The summed E-state index contributed by atoms with van der Waals surface area (Å²) >= 11 is 0. The van der Waals surface area contributed by atoms with E-state index in [2.05, 4.69) is 4.98 Å². The van der Waals surface area contributed by atoms with Crippen LogP contribution in [-0.2, 0) is 11.3 Å². The van der Waals surface area contributed by atoms with Gasteiger partial charge in [0.1, 0.15) is 5.82 Å². The van der Waals surface area contributed by atoms with Crippen molar-refractivity contribution in [2.45, 2.75) is 13.5 Å². The van der Waals surface area contributed by atoms with Gasteiger partial charge in [-0.15, -0.1) is 0 Å². The van der Waals surface area contributed by atoms with Gasteiger partial charge in [-0.1, -0.05) is 12.1 Å². The smallest absolute Gasteiger partial charge is 0.548 e. The molecule has 0 spiro atoms. The monoisotopic (exact) mass is 212 g/mol. The molecule has 0 atom stereocenters. The van der Waals surface area contributed by atoms with Crippen LogP contribution in [-0.4, -0.2) is 15.5 Å². The topological polar surface area (TPSA) is 58.0 Å². The number of carbonyl (C=O) groups is 1. The Kier molecular flexibility index (Phi) is 3.90. The summed E-state index contributed by atoms with van der Waals surface area (Å²) in [5, 5.41) is 10.5. The number of rotatable bonds is 2. The van der Waals surface area contributed by atoms with Crippen LogP contribution in [0.2, 0.25) is 0 Å². The average Bonchev–Trinajstić information content (AvgIpc) is 2.43. The molecule has 5 heteroatoms. The van der Waals surface area contributed by atoms with E-state index in [4.69, 9.17) is 0 Å². The predicted molar refractivity (Wildman–Crippen MR) is 49.5 cm³/mol. The Morgan fingerprint density at radius 1 is 1.47 bits per heavy atom. The fraction of sp³-hybridized carbons (Fsp3) is 0.200. The summed E-state index contributed by atoms with van der Waals surface area (Å²) in [7, 11) is 0. The number of para-hydroxylation sites is 2. The van der Waals surface area contributed by atoms with E-state index in [-0.39, 0.29) is 36.1 Å². The number of carbonyl (C=O) groups excluding carboxylic acids is 1. The summed E-state index contributed by atoms with van der Waals surface area (Å²) in [6, 6.07) is 7.43. The summed E-state index contributed by atoms with van der Waals surface area (Å²) in [5.41, 5.74) is 1.64. The number of carboxylic acids is 1. The van der Waals surface area contributed by atoms with E-state index in [1.165, 1.54) is 0 Å². The molecular formula is C10H9N2NaO2. The molecule has 1 aromatic heterocycles. The summed E-state index contributed by atoms with van der Waals surface area (Å²) in [5.74, 6) is -0.411. The van der Waals surface area contributed by atoms with Crippen molar-refractivity contribution in [1.29, 1.82) is 0 Å². The molecule has 2 rings (SSSR count). The molecule has 1 heterocycles. The maximum absolute atomic E-state index is 10.5. The molecule has 1 aromatic carbocycles. The van der Waals surface area contributed by atoms with Crippen LogP contribution in [0, 0.1) is 6.92 Å². The molecule has 0 saturated carbocycles. The minimum absolute atomic E-state index is 0. The summed E-state index contributed by atoms with van der Waals surface area (Å²) in [6.45, 7) is 1.63. The first-order valence-electron chi connectivity index (χ1n) is 4.30. The Morgan fingerprint density at radius 2 is 2.13 bits per heavy atom. The molecule has 0 aliphatic rings. The normalized spacial score (nSPS) is 9.93. The van der Waals surface area contributed by atoms with Gasteiger partial charge in [-0.05, 0) is 19.1 Å². The van der Waals surface area contributed by atoms with Crippen LogP contribution >= 0.6 is 0 Å². The number of carboxylic acid groups (broad SMARTS) is 1. The minimum Gasteiger partial charge on any atom is -0.548 e. The van der Waals surface area contributed by atoms with Crippen LogP contribution in [0.5, 0.6) is 0 Å². The van der Waals surface area contributed by atoms with Gasteiger partial charge in [0.15, 0.2) is 0 Å². The molecule has 0 aliphatic heterocycles. The Morgan fingerprint density at radius 3 is 2.80 bits per heavy atom. The summed E-state index contributed by atoms with van der Waals surface area (Å²) in [4.78, 5) is 14.7. The zero-order valence-corrected chi connectivity index (χ0v) is 10.7. The van der Waals surface area contributed by atoms with Crippen molar-refractivity contribution < 1.29 is 39.5 Å². The second-order valence-electron chi connectivity index (χ2n) is 3.11. The van der Waals surface area contributed by atoms with E-state index in [0.717, 1.165) is 11.0 Å². The van der Waals surface area contributed by atoms with E-state index in [1.807, 2.05) is 24.3 Å². The summed E-state index contributed by atoms with van der Waals surface area (Å²) < 4.78 is 1.63. The van der Waals surface area contributed by atoms with E-state index in [9.17, 15) is 9.90 Å². The van der Waals surface area contributed by atoms with Gasteiger partial charge in [0.05, 0.1) is 23.5 Å². The second kappa shape index (κ2) is 4.79. The van der Waals surface area contributed by atoms with Crippen molar-refractivity contribution in [3.63, 3.8) is 0 Å². The van der Waals surface area contributed by atoms with Crippen LogP contribution in [0.1, 0.15) is 5.82 Å². The Hall–Kier alpha value is -0.840. The van der Waals surface area contributed by atoms with Crippen molar-refractivity contribution in [3.8, 4) is 0 Å². The first-order chi connectivity index (χ1) is 6.68. The number of aliphatic carboxylic acids is 1. The van der Waals surface area contributed by atoms with Gasteiger partial charge in [-0.25, -0.2) is 4.98 Å². The summed E-state index contributed by atoms with van der Waals surface area (Å²) in [6.07, 6.45) is 0. The fourth-order valence-corrected chi connectivity index (χ4v) is 1.52. The average molecular weight is 212 g/mol. The molecular weight excluding hydrogens is 203 g/mol. The molecule has 0 fully saturated rings. The Labute approximate surface area is 109 Å². The number of aryl methyl sites for hydroxylation is 1. The van der Waals surface area contributed by atoms with E-state index < -0.39 is 5.97 Å². The number of hydrogen-bond donors (Lipinski definition) is 0. The maximum Gasteiger partial charge on any atom is 1.00 e. The van der Waals surface area contributed by atoms with Crippen LogP contribution in [0.4, 0.5) is 0 Å². The van der Waals surface area contributed by atoms with Crippen molar-refractivity contribution in [3.05, 3.63) is 30.1 Å². The number of hydrogen-bond acceptors (Lipinski definition) is 3.